The van der Waals surface area contributed by atoms with Gasteiger partial charge in [-0.05, 0) is 62.4 Å². The second-order valence-electron chi connectivity index (χ2n) is 4.93. The summed E-state index contributed by atoms with van der Waals surface area (Å²) >= 11 is 0. The molecule has 0 unspecified atom stereocenters. The van der Waals surface area contributed by atoms with Gasteiger partial charge >= 0.3 is 5.97 Å². The fourth-order valence-corrected chi connectivity index (χ4v) is 2.22. The SMILES string of the molecule is CCN(CC)c1ccc(N=Nc2ccc(C(=O)OC)cc2)cc1. The number of rotatable bonds is 6. The highest BCUT2D eigenvalue weighted by Crippen LogP contribution is 2.22. The van der Waals surface area contributed by atoms with Crippen LogP contribution >= 0.6 is 0 Å². The molecule has 5 nitrogen and oxygen atoms in total. The first kappa shape index (κ1) is 16.7. The molecule has 23 heavy (non-hydrogen) atoms. The summed E-state index contributed by atoms with van der Waals surface area (Å²) in [5.74, 6) is -0.361. The van der Waals surface area contributed by atoms with Gasteiger partial charge in [0.1, 0.15) is 0 Å². The van der Waals surface area contributed by atoms with Crippen molar-refractivity contribution in [2.75, 3.05) is 25.1 Å². The Kier molecular flexibility index (Phi) is 5.86. The van der Waals surface area contributed by atoms with Crippen molar-refractivity contribution in [1.29, 1.82) is 0 Å². The molecule has 0 saturated heterocycles. The van der Waals surface area contributed by atoms with Crippen molar-refractivity contribution in [3.8, 4) is 0 Å². The van der Waals surface area contributed by atoms with E-state index in [1.54, 1.807) is 24.3 Å². The molecule has 0 fully saturated rings. The first-order valence-electron chi connectivity index (χ1n) is 7.63. The summed E-state index contributed by atoms with van der Waals surface area (Å²) in [5, 5.41) is 8.39. The topological polar surface area (TPSA) is 54.3 Å². The summed E-state index contributed by atoms with van der Waals surface area (Å²) in [5.41, 5.74) is 3.15. The number of esters is 1. The number of hydrogen-bond acceptors (Lipinski definition) is 5. The van der Waals surface area contributed by atoms with Crippen LogP contribution in [0.25, 0.3) is 0 Å². The monoisotopic (exact) mass is 311 g/mol. The summed E-state index contributed by atoms with van der Waals surface area (Å²) in [6.07, 6.45) is 0. The van der Waals surface area contributed by atoms with Gasteiger partial charge in [-0.3, -0.25) is 0 Å². The molecular weight excluding hydrogens is 290 g/mol. The maximum atomic E-state index is 11.4. The van der Waals surface area contributed by atoms with E-state index in [2.05, 4.69) is 33.7 Å². The molecular formula is C18H21N3O2. The second kappa shape index (κ2) is 8.08. The molecule has 2 aromatic carbocycles. The lowest BCUT2D eigenvalue weighted by Gasteiger charge is -2.20. The number of azo groups is 1. The van der Waals surface area contributed by atoms with E-state index in [0.717, 1.165) is 18.8 Å². The third-order valence-electron chi connectivity index (χ3n) is 3.55. The normalized spacial score (nSPS) is 10.7. The quantitative estimate of drug-likeness (QED) is 0.572. The van der Waals surface area contributed by atoms with Crippen LogP contribution in [0, 0.1) is 0 Å². The Labute approximate surface area is 136 Å². The van der Waals surface area contributed by atoms with Crippen molar-refractivity contribution >= 4 is 23.0 Å². The standard InChI is InChI=1S/C18H21N3O2/c1-4-21(5-2)17-12-10-16(11-13-17)20-19-15-8-6-14(7-9-15)18(22)23-3/h6-13H,4-5H2,1-3H3. The van der Waals surface area contributed by atoms with Gasteiger partial charge in [0.25, 0.3) is 0 Å². The Bertz CT molecular complexity index is 660. The van der Waals surface area contributed by atoms with Crippen molar-refractivity contribution < 1.29 is 9.53 Å². The van der Waals surface area contributed by atoms with E-state index in [-0.39, 0.29) is 5.97 Å². The smallest absolute Gasteiger partial charge is 0.337 e. The molecule has 0 aliphatic heterocycles. The maximum Gasteiger partial charge on any atom is 0.337 e. The van der Waals surface area contributed by atoms with Gasteiger partial charge in [-0.15, -0.1) is 0 Å². The molecule has 2 aromatic rings. The molecule has 0 heterocycles. The Hall–Kier alpha value is -2.69. The zero-order chi connectivity index (χ0) is 16.7. The minimum Gasteiger partial charge on any atom is -0.465 e. The highest BCUT2D eigenvalue weighted by atomic mass is 16.5. The highest BCUT2D eigenvalue weighted by Gasteiger charge is 2.04. The predicted octanol–water partition coefficient (Wildman–Crippen LogP) is 4.73. The van der Waals surface area contributed by atoms with Crippen LogP contribution in [0.5, 0.6) is 0 Å². The lowest BCUT2D eigenvalue weighted by molar-refractivity contribution is 0.0601. The van der Waals surface area contributed by atoms with Crippen molar-refractivity contribution in [3.05, 3.63) is 54.1 Å². The summed E-state index contributed by atoms with van der Waals surface area (Å²) in [6, 6.07) is 14.8. The van der Waals surface area contributed by atoms with Gasteiger partial charge in [-0.2, -0.15) is 10.2 Å². The molecule has 0 N–H and O–H groups in total. The Morgan fingerprint density at radius 1 is 0.913 bits per heavy atom. The molecule has 0 bridgehead atoms. The number of ether oxygens (including phenoxy) is 1. The average Bonchev–Trinajstić information content (AvgIpc) is 2.62. The molecule has 0 radical (unpaired) electrons. The molecule has 0 aliphatic rings. The number of benzene rings is 2. The van der Waals surface area contributed by atoms with E-state index in [0.29, 0.717) is 11.3 Å². The fraction of sp³-hybridized carbons (Fsp3) is 0.278. The van der Waals surface area contributed by atoms with E-state index in [1.807, 2.05) is 24.3 Å². The van der Waals surface area contributed by atoms with E-state index in [9.17, 15) is 4.79 Å². The lowest BCUT2D eigenvalue weighted by atomic mass is 10.2. The van der Waals surface area contributed by atoms with E-state index in [4.69, 9.17) is 0 Å². The molecule has 0 amide bonds. The van der Waals surface area contributed by atoms with Crippen molar-refractivity contribution in [2.24, 2.45) is 10.2 Å². The number of anilines is 1. The van der Waals surface area contributed by atoms with Crippen LogP contribution in [0.2, 0.25) is 0 Å². The minimum atomic E-state index is -0.361. The molecule has 5 heteroatoms. The van der Waals surface area contributed by atoms with Crippen LogP contribution in [0.4, 0.5) is 17.1 Å². The van der Waals surface area contributed by atoms with Crippen molar-refractivity contribution in [3.63, 3.8) is 0 Å². The van der Waals surface area contributed by atoms with Gasteiger partial charge < -0.3 is 9.64 Å². The Morgan fingerprint density at radius 2 is 1.39 bits per heavy atom. The molecule has 0 aliphatic carbocycles. The first-order valence-corrected chi connectivity index (χ1v) is 7.63. The fourth-order valence-electron chi connectivity index (χ4n) is 2.22. The lowest BCUT2D eigenvalue weighted by Crippen LogP contribution is -2.21. The Morgan fingerprint density at radius 3 is 1.83 bits per heavy atom. The van der Waals surface area contributed by atoms with E-state index < -0.39 is 0 Å². The molecule has 0 spiro atoms. The third kappa shape index (κ3) is 4.39. The van der Waals surface area contributed by atoms with Gasteiger partial charge in [0.15, 0.2) is 0 Å². The van der Waals surface area contributed by atoms with Gasteiger partial charge in [0.2, 0.25) is 0 Å². The van der Waals surface area contributed by atoms with Crippen molar-refractivity contribution in [2.45, 2.75) is 13.8 Å². The largest absolute Gasteiger partial charge is 0.465 e. The minimum absolute atomic E-state index is 0.361. The van der Waals surface area contributed by atoms with Crippen molar-refractivity contribution in [1.82, 2.24) is 0 Å². The predicted molar refractivity (Wildman–Crippen MR) is 92.0 cm³/mol. The molecule has 120 valence electrons. The summed E-state index contributed by atoms with van der Waals surface area (Å²) in [4.78, 5) is 13.6. The van der Waals surface area contributed by atoms with Crippen LogP contribution in [-0.2, 0) is 4.74 Å². The number of nitrogens with zero attached hydrogens (tertiary/aromatic N) is 3. The second-order valence-corrected chi connectivity index (χ2v) is 4.93. The number of carbonyl (C=O) groups is 1. The summed E-state index contributed by atoms with van der Waals surface area (Å²) in [6.45, 7) is 6.22. The number of carbonyl (C=O) groups excluding carboxylic acids is 1. The van der Waals surface area contributed by atoms with Crippen LogP contribution < -0.4 is 4.90 Å². The van der Waals surface area contributed by atoms with Crippen LogP contribution in [0.3, 0.4) is 0 Å². The third-order valence-corrected chi connectivity index (χ3v) is 3.55. The van der Waals surface area contributed by atoms with Gasteiger partial charge in [0, 0.05) is 18.8 Å². The molecule has 0 aromatic heterocycles. The molecule has 0 saturated carbocycles. The Balaban J connectivity index is 2.06. The molecule has 0 atom stereocenters. The number of methoxy groups -OCH3 is 1. The van der Waals surface area contributed by atoms with Crippen LogP contribution in [0.1, 0.15) is 24.2 Å². The van der Waals surface area contributed by atoms with Crippen LogP contribution in [-0.4, -0.2) is 26.2 Å². The van der Waals surface area contributed by atoms with E-state index >= 15 is 0 Å². The van der Waals surface area contributed by atoms with Gasteiger partial charge in [-0.1, -0.05) is 0 Å². The summed E-state index contributed by atoms with van der Waals surface area (Å²) in [7, 11) is 1.36. The average molecular weight is 311 g/mol. The summed E-state index contributed by atoms with van der Waals surface area (Å²) < 4.78 is 4.66. The zero-order valence-electron chi connectivity index (χ0n) is 13.7. The van der Waals surface area contributed by atoms with Gasteiger partial charge in [0.05, 0.1) is 24.0 Å². The van der Waals surface area contributed by atoms with Crippen LogP contribution in [0.15, 0.2) is 58.8 Å². The number of hydrogen-bond donors (Lipinski definition) is 0. The molecule has 2 rings (SSSR count). The van der Waals surface area contributed by atoms with Gasteiger partial charge in [-0.25, -0.2) is 4.79 Å². The highest BCUT2D eigenvalue weighted by molar-refractivity contribution is 5.89. The first-order chi connectivity index (χ1) is 11.2. The van der Waals surface area contributed by atoms with E-state index in [1.165, 1.54) is 12.8 Å². The maximum absolute atomic E-state index is 11.4. The zero-order valence-corrected chi connectivity index (χ0v) is 13.7.